The van der Waals surface area contributed by atoms with E-state index in [9.17, 15) is 22.8 Å². The average Bonchev–Trinajstić information content (AvgIpc) is 3.34. The molecule has 0 radical (unpaired) electrons. The van der Waals surface area contributed by atoms with E-state index in [4.69, 9.17) is 4.74 Å². The molecule has 11 heteroatoms. The van der Waals surface area contributed by atoms with Crippen LogP contribution in [0.5, 0.6) is 5.88 Å². The minimum atomic E-state index is -2.81. The second kappa shape index (κ2) is 12.1. The van der Waals surface area contributed by atoms with E-state index in [1.807, 2.05) is 13.8 Å². The number of amides is 2. The molecular formula is C31H32F4N4O3. The molecule has 3 aromatic rings. The first-order valence-electron chi connectivity index (χ1n) is 14.0. The number of halogens is 4. The summed E-state index contributed by atoms with van der Waals surface area (Å²) in [5.74, 6) is -4.88. The highest BCUT2D eigenvalue weighted by Crippen LogP contribution is 2.48. The highest BCUT2D eigenvalue weighted by atomic mass is 19.3. The Morgan fingerprint density at radius 3 is 2.55 bits per heavy atom. The van der Waals surface area contributed by atoms with Crippen LogP contribution in [0.4, 0.5) is 17.6 Å². The van der Waals surface area contributed by atoms with Crippen molar-refractivity contribution in [3.05, 3.63) is 88.6 Å². The highest BCUT2D eigenvalue weighted by Gasteiger charge is 2.47. The van der Waals surface area contributed by atoms with Gasteiger partial charge in [0.25, 0.3) is 0 Å². The molecule has 0 spiro atoms. The van der Waals surface area contributed by atoms with Gasteiger partial charge in [-0.2, -0.15) is 4.39 Å². The lowest BCUT2D eigenvalue weighted by Crippen LogP contribution is -2.47. The summed E-state index contributed by atoms with van der Waals surface area (Å²) in [6.07, 6.45) is -1.01. The molecule has 3 heterocycles. The van der Waals surface area contributed by atoms with Gasteiger partial charge in [-0.05, 0) is 43.0 Å². The number of benzene rings is 1. The summed E-state index contributed by atoms with van der Waals surface area (Å²) < 4.78 is 61.8. The monoisotopic (exact) mass is 584 g/mol. The standard InChI is InChI=1S/C31H32F4N4O3/c1-3-42-30-18(2)11-19(16-36-30)12-26(40)39-17-22(32)13-25(39)29(41)38-27(20-7-5-4-6-8-20)24-10-9-23(28(33)37-24)21-14-31(34,35)15-21/h4-11,16,21-22,25,27H,3,12-15,17H2,1-2H3,(H,38,41). The number of hydrogen-bond acceptors (Lipinski definition) is 5. The minimum absolute atomic E-state index is 0.0761. The van der Waals surface area contributed by atoms with Crippen LogP contribution in [0.3, 0.4) is 0 Å². The summed E-state index contributed by atoms with van der Waals surface area (Å²) in [5.41, 5.74) is 2.21. The number of hydrogen-bond donors (Lipinski definition) is 1. The predicted octanol–water partition coefficient (Wildman–Crippen LogP) is 5.22. The maximum Gasteiger partial charge on any atom is 0.249 e. The van der Waals surface area contributed by atoms with Crippen molar-refractivity contribution in [1.82, 2.24) is 20.2 Å². The van der Waals surface area contributed by atoms with E-state index < -0.39 is 60.7 Å². The average molecular weight is 585 g/mol. The van der Waals surface area contributed by atoms with Gasteiger partial charge in [-0.15, -0.1) is 0 Å². The van der Waals surface area contributed by atoms with Crippen molar-refractivity contribution < 1.29 is 31.9 Å². The van der Waals surface area contributed by atoms with Crippen molar-refractivity contribution in [2.75, 3.05) is 13.2 Å². The molecule has 222 valence electrons. The van der Waals surface area contributed by atoms with Crippen molar-refractivity contribution in [3.63, 3.8) is 0 Å². The molecule has 1 N–H and O–H groups in total. The Hall–Kier alpha value is -4.02. The summed E-state index contributed by atoms with van der Waals surface area (Å²) in [7, 11) is 0. The SMILES string of the molecule is CCOc1ncc(CC(=O)N2CC(F)CC2C(=O)NC(c2ccccc2)c2ccc(C3CC(F)(F)C3)c(F)n2)cc1C. The number of nitrogens with one attached hydrogen (secondary N) is 1. The molecule has 1 aromatic carbocycles. The van der Waals surface area contributed by atoms with E-state index >= 15 is 4.39 Å². The van der Waals surface area contributed by atoms with Gasteiger partial charge in [-0.3, -0.25) is 9.59 Å². The molecule has 42 heavy (non-hydrogen) atoms. The third kappa shape index (κ3) is 6.39. The third-order valence-corrected chi connectivity index (χ3v) is 7.74. The fraction of sp³-hybridized carbons (Fsp3) is 0.419. The molecular weight excluding hydrogens is 552 g/mol. The van der Waals surface area contributed by atoms with Crippen molar-refractivity contribution >= 4 is 11.8 Å². The Morgan fingerprint density at radius 1 is 1.17 bits per heavy atom. The maximum atomic E-state index is 15.0. The summed E-state index contributed by atoms with van der Waals surface area (Å²) in [4.78, 5) is 36.3. The van der Waals surface area contributed by atoms with Gasteiger partial charge in [0.2, 0.25) is 29.6 Å². The first-order chi connectivity index (χ1) is 20.0. The number of rotatable bonds is 9. The van der Waals surface area contributed by atoms with E-state index in [2.05, 4.69) is 15.3 Å². The molecule has 2 aliphatic rings. The molecule has 0 bridgehead atoms. The van der Waals surface area contributed by atoms with Gasteiger partial charge in [0.15, 0.2) is 0 Å². The zero-order valence-electron chi connectivity index (χ0n) is 23.3. The van der Waals surface area contributed by atoms with Gasteiger partial charge in [-0.25, -0.2) is 23.1 Å². The van der Waals surface area contributed by atoms with Gasteiger partial charge in [0.1, 0.15) is 12.2 Å². The van der Waals surface area contributed by atoms with Crippen molar-refractivity contribution in [2.45, 2.75) is 69.6 Å². The topological polar surface area (TPSA) is 84.4 Å². The second-order valence-electron chi connectivity index (χ2n) is 10.9. The van der Waals surface area contributed by atoms with Crippen molar-refractivity contribution in [2.24, 2.45) is 0 Å². The molecule has 3 atom stereocenters. The Balaban J connectivity index is 1.34. The van der Waals surface area contributed by atoms with E-state index in [-0.39, 0.29) is 30.6 Å². The zero-order valence-corrected chi connectivity index (χ0v) is 23.3. The van der Waals surface area contributed by atoms with Crippen LogP contribution in [0, 0.1) is 12.9 Å². The molecule has 2 aromatic heterocycles. The zero-order chi connectivity index (χ0) is 30.0. The highest BCUT2D eigenvalue weighted by molar-refractivity contribution is 5.89. The van der Waals surface area contributed by atoms with Crippen LogP contribution < -0.4 is 10.1 Å². The lowest BCUT2D eigenvalue weighted by atomic mass is 9.77. The number of carbonyl (C=O) groups is 2. The Morgan fingerprint density at radius 2 is 1.90 bits per heavy atom. The third-order valence-electron chi connectivity index (χ3n) is 7.74. The number of aromatic nitrogens is 2. The number of alkyl halides is 3. The first kappa shape index (κ1) is 29.5. The quantitative estimate of drug-likeness (QED) is 0.275. The summed E-state index contributed by atoms with van der Waals surface area (Å²) in [6.45, 7) is 3.87. The van der Waals surface area contributed by atoms with E-state index in [0.29, 0.717) is 23.6 Å². The first-order valence-corrected chi connectivity index (χ1v) is 14.0. The lowest BCUT2D eigenvalue weighted by molar-refractivity contribution is -0.138. The summed E-state index contributed by atoms with van der Waals surface area (Å²) >= 11 is 0. The number of ether oxygens (including phenoxy) is 1. The predicted molar refractivity (Wildman–Crippen MR) is 146 cm³/mol. The van der Waals surface area contributed by atoms with E-state index in [0.717, 1.165) is 5.56 Å². The maximum absolute atomic E-state index is 15.0. The molecule has 1 aliphatic carbocycles. The van der Waals surface area contributed by atoms with Crippen LogP contribution in [-0.2, 0) is 16.0 Å². The molecule has 5 rings (SSSR count). The van der Waals surface area contributed by atoms with E-state index in [1.165, 1.54) is 23.2 Å². The molecule has 2 fully saturated rings. The number of carbonyl (C=O) groups excluding carboxylic acids is 2. The Bertz CT molecular complexity index is 1450. The van der Waals surface area contributed by atoms with Crippen LogP contribution in [0.15, 0.2) is 54.7 Å². The molecule has 2 amide bonds. The van der Waals surface area contributed by atoms with E-state index in [1.54, 1.807) is 36.4 Å². The minimum Gasteiger partial charge on any atom is -0.478 e. The molecule has 1 saturated carbocycles. The molecule has 1 aliphatic heterocycles. The summed E-state index contributed by atoms with van der Waals surface area (Å²) in [5, 5.41) is 2.83. The van der Waals surface area contributed by atoms with Crippen LogP contribution in [-0.4, -0.2) is 58.0 Å². The van der Waals surface area contributed by atoms with Crippen LogP contribution in [0.1, 0.15) is 66.1 Å². The second-order valence-corrected chi connectivity index (χ2v) is 10.9. The van der Waals surface area contributed by atoms with Gasteiger partial charge >= 0.3 is 0 Å². The number of aryl methyl sites for hydroxylation is 1. The van der Waals surface area contributed by atoms with Crippen LogP contribution in [0.2, 0.25) is 0 Å². The normalized spacial score (nSPS) is 20.6. The Kier molecular flexibility index (Phi) is 8.47. The summed E-state index contributed by atoms with van der Waals surface area (Å²) in [6, 6.07) is 11.4. The van der Waals surface area contributed by atoms with Crippen molar-refractivity contribution in [3.8, 4) is 5.88 Å². The number of likely N-dealkylation sites (tertiary alicyclic amines) is 1. The molecule has 1 saturated heterocycles. The molecule has 7 nitrogen and oxygen atoms in total. The fourth-order valence-corrected chi connectivity index (χ4v) is 5.61. The largest absolute Gasteiger partial charge is 0.478 e. The number of pyridine rings is 2. The number of nitrogens with zero attached hydrogens (tertiary/aromatic N) is 3. The Labute approximate surface area is 241 Å². The smallest absolute Gasteiger partial charge is 0.249 e. The van der Waals surface area contributed by atoms with Gasteiger partial charge in [0.05, 0.1) is 31.3 Å². The van der Waals surface area contributed by atoms with Crippen LogP contribution in [0.25, 0.3) is 0 Å². The van der Waals surface area contributed by atoms with Crippen molar-refractivity contribution in [1.29, 1.82) is 0 Å². The van der Waals surface area contributed by atoms with Gasteiger partial charge in [-0.1, -0.05) is 36.4 Å². The molecule has 3 unspecified atom stereocenters. The van der Waals surface area contributed by atoms with Gasteiger partial charge in [0, 0.05) is 36.6 Å². The van der Waals surface area contributed by atoms with Crippen LogP contribution >= 0.6 is 0 Å². The fourth-order valence-electron chi connectivity index (χ4n) is 5.61. The lowest BCUT2D eigenvalue weighted by Gasteiger charge is -2.35. The van der Waals surface area contributed by atoms with Gasteiger partial charge < -0.3 is 15.0 Å².